The smallest absolute Gasteiger partial charge is 0.270 e. The Balaban J connectivity index is 1.83. The number of fused-ring (bicyclic) bond motifs is 1. The van der Waals surface area contributed by atoms with Crippen molar-refractivity contribution in [3.8, 4) is 0 Å². The number of thiazole rings is 1. The largest absolute Gasteiger partial charge is 0.322 e. The van der Waals surface area contributed by atoms with Crippen LogP contribution < -0.4 is 20.2 Å². The number of aryl methyl sites for hydroxylation is 1. The molecule has 0 unspecified atom stereocenters. The summed E-state index contributed by atoms with van der Waals surface area (Å²) in [4.78, 5) is 28.9. The maximum atomic E-state index is 12.0. The van der Waals surface area contributed by atoms with Gasteiger partial charge in [0.2, 0.25) is 5.91 Å². The van der Waals surface area contributed by atoms with E-state index in [0.29, 0.717) is 22.4 Å². The molecule has 1 aromatic heterocycles. The third-order valence-corrected chi connectivity index (χ3v) is 4.40. The number of nitrogens with zero attached hydrogens (tertiary/aromatic N) is 2. The summed E-state index contributed by atoms with van der Waals surface area (Å²) in [5, 5.41) is 2.77. The predicted octanol–water partition coefficient (Wildman–Crippen LogP) is 0.525. The average Bonchev–Trinajstić information content (AvgIpc) is 3.04. The minimum absolute atomic E-state index is 0.132. The fourth-order valence-electron chi connectivity index (χ4n) is 2.19. The number of anilines is 1. The second-order valence-corrected chi connectivity index (χ2v) is 5.78. The van der Waals surface area contributed by atoms with Crippen LogP contribution in [0.15, 0.2) is 34.1 Å². The fraction of sp³-hybridized carbons (Fsp3) is 0.267. The first-order valence-corrected chi connectivity index (χ1v) is 7.65. The molecular formula is C15H15N3O2S. The maximum absolute atomic E-state index is 12.0. The maximum Gasteiger partial charge on any atom is 0.270 e. The topological polar surface area (TPSA) is 63.5 Å². The molecule has 0 spiro atoms. The van der Waals surface area contributed by atoms with E-state index in [1.54, 1.807) is 4.57 Å². The molecule has 0 saturated heterocycles. The van der Waals surface area contributed by atoms with Crippen molar-refractivity contribution in [1.82, 2.24) is 4.57 Å². The van der Waals surface area contributed by atoms with Crippen LogP contribution in [0, 0.1) is 0 Å². The van der Waals surface area contributed by atoms with Gasteiger partial charge in [-0.15, -0.1) is 0 Å². The lowest BCUT2D eigenvalue weighted by Gasteiger charge is -2.02. The highest BCUT2D eigenvalue weighted by Crippen LogP contribution is 2.09. The van der Waals surface area contributed by atoms with Crippen molar-refractivity contribution in [2.45, 2.75) is 19.9 Å². The van der Waals surface area contributed by atoms with Crippen LogP contribution in [0.1, 0.15) is 12.5 Å². The molecule has 3 rings (SSSR count). The molecule has 108 valence electrons. The summed E-state index contributed by atoms with van der Waals surface area (Å²) in [5.74, 6) is -0.295. The monoisotopic (exact) mass is 301 g/mol. The molecule has 0 atom stereocenters. The normalized spacial score (nSPS) is 13.9. The second kappa shape index (κ2) is 5.65. The summed E-state index contributed by atoms with van der Waals surface area (Å²) < 4.78 is 2.04. The van der Waals surface area contributed by atoms with Gasteiger partial charge in [-0.25, -0.2) is 0 Å². The van der Waals surface area contributed by atoms with Crippen molar-refractivity contribution in [1.29, 1.82) is 0 Å². The lowest BCUT2D eigenvalue weighted by Crippen LogP contribution is -2.30. The van der Waals surface area contributed by atoms with E-state index in [4.69, 9.17) is 0 Å². The van der Waals surface area contributed by atoms with E-state index in [2.05, 4.69) is 17.2 Å². The minimum atomic E-state index is -0.295. The number of carbonyl (C=O) groups excluding carboxylic acids is 1. The molecule has 0 aliphatic carbocycles. The van der Waals surface area contributed by atoms with E-state index in [-0.39, 0.29) is 11.5 Å². The van der Waals surface area contributed by atoms with Crippen LogP contribution in [-0.4, -0.2) is 17.0 Å². The Labute approximate surface area is 125 Å². The predicted molar refractivity (Wildman–Crippen MR) is 83.1 cm³/mol. The lowest BCUT2D eigenvalue weighted by molar-refractivity contribution is -0.110. The summed E-state index contributed by atoms with van der Waals surface area (Å²) >= 11 is 1.26. The third kappa shape index (κ3) is 2.80. The van der Waals surface area contributed by atoms with E-state index in [9.17, 15) is 9.59 Å². The number of hydrogen-bond acceptors (Lipinski definition) is 4. The van der Waals surface area contributed by atoms with Gasteiger partial charge in [0.25, 0.3) is 5.56 Å². The van der Waals surface area contributed by atoms with Crippen LogP contribution in [0.4, 0.5) is 5.69 Å². The molecular weight excluding hydrogens is 286 g/mol. The van der Waals surface area contributed by atoms with Gasteiger partial charge in [0, 0.05) is 18.3 Å². The Morgan fingerprint density at radius 1 is 1.43 bits per heavy atom. The SMILES string of the molecule is CCc1ccc(NC(=O)C=c2sc3n(c2=O)CCN=3)cc1. The number of carbonyl (C=O) groups is 1. The molecule has 1 N–H and O–H groups in total. The number of hydrogen-bond donors (Lipinski definition) is 1. The van der Waals surface area contributed by atoms with Crippen molar-refractivity contribution < 1.29 is 4.79 Å². The highest BCUT2D eigenvalue weighted by Gasteiger charge is 2.10. The lowest BCUT2D eigenvalue weighted by atomic mass is 10.1. The zero-order valence-electron chi connectivity index (χ0n) is 11.6. The Morgan fingerprint density at radius 2 is 2.19 bits per heavy atom. The molecule has 2 aromatic rings. The summed E-state index contributed by atoms with van der Waals surface area (Å²) in [7, 11) is 0. The Morgan fingerprint density at radius 3 is 2.86 bits per heavy atom. The molecule has 0 radical (unpaired) electrons. The first-order chi connectivity index (χ1) is 10.2. The summed E-state index contributed by atoms with van der Waals surface area (Å²) in [5.41, 5.74) is 1.81. The van der Waals surface area contributed by atoms with Crippen molar-refractivity contribution >= 4 is 29.0 Å². The van der Waals surface area contributed by atoms with Crippen LogP contribution in [0.3, 0.4) is 0 Å². The summed E-state index contributed by atoms with van der Waals surface area (Å²) in [6.45, 7) is 3.34. The van der Waals surface area contributed by atoms with Crippen LogP contribution >= 0.6 is 11.3 Å². The quantitative estimate of drug-likeness (QED) is 0.898. The number of nitrogens with one attached hydrogen (secondary N) is 1. The van der Waals surface area contributed by atoms with E-state index in [1.807, 2.05) is 24.3 Å². The van der Waals surface area contributed by atoms with Crippen molar-refractivity contribution in [2.24, 2.45) is 4.99 Å². The highest BCUT2D eigenvalue weighted by atomic mass is 32.1. The summed E-state index contributed by atoms with van der Waals surface area (Å²) in [6.07, 6.45) is 2.31. The molecule has 1 amide bonds. The van der Waals surface area contributed by atoms with E-state index in [0.717, 1.165) is 12.1 Å². The van der Waals surface area contributed by atoms with Crippen LogP contribution in [-0.2, 0) is 17.8 Å². The Bertz CT molecular complexity index is 847. The van der Waals surface area contributed by atoms with Gasteiger partial charge in [-0.3, -0.25) is 19.1 Å². The van der Waals surface area contributed by atoms with Gasteiger partial charge in [-0.1, -0.05) is 30.4 Å². The molecule has 6 heteroatoms. The van der Waals surface area contributed by atoms with Gasteiger partial charge in [0.15, 0.2) is 4.80 Å². The Hall–Kier alpha value is -2.21. The molecule has 0 bridgehead atoms. The van der Waals surface area contributed by atoms with E-state index in [1.165, 1.54) is 23.0 Å². The zero-order chi connectivity index (χ0) is 14.8. The zero-order valence-corrected chi connectivity index (χ0v) is 12.4. The molecule has 2 heterocycles. The van der Waals surface area contributed by atoms with Gasteiger partial charge >= 0.3 is 0 Å². The van der Waals surface area contributed by atoms with Gasteiger partial charge in [-0.2, -0.15) is 0 Å². The first kappa shape index (κ1) is 13.8. The first-order valence-electron chi connectivity index (χ1n) is 6.83. The van der Waals surface area contributed by atoms with Crippen LogP contribution in [0.25, 0.3) is 6.08 Å². The number of amides is 1. The van der Waals surface area contributed by atoms with E-state index < -0.39 is 0 Å². The van der Waals surface area contributed by atoms with Crippen LogP contribution in [0.5, 0.6) is 0 Å². The highest BCUT2D eigenvalue weighted by molar-refractivity contribution is 7.07. The molecule has 1 aliphatic heterocycles. The molecule has 0 saturated carbocycles. The molecule has 0 fully saturated rings. The summed E-state index contributed by atoms with van der Waals surface area (Å²) in [6, 6.07) is 7.68. The van der Waals surface area contributed by atoms with Crippen molar-refractivity contribution in [3.05, 3.63) is 49.5 Å². The third-order valence-electron chi connectivity index (χ3n) is 3.35. The average molecular weight is 301 g/mol. The molecule has 1 aromatic carbocycles. The molecule has 1 aliphatic rings. The second-order valence-electron chi connectivity index (χ2n) is 4.77. The van der Waals surface area contributed by atoms with Gasteiger partial charge in [0.05, 0.1) is 6.54 Å². The van der Waals surface area contributed by atoms with Crippen LogP contribution in [0.2, 0.25) is 0 Å². The van der Waals surface area contributed by atoms with Gasteiger partial charge < -0.3 is 5.32 Å². The fourth-order valence-corrected chi connectivity index (χ4v) is 3.19. The van der Waals surface area contributed by atoms with Crippen molar-refractivity contribution in [3.63, 3.8) is 0 Å². The minimum Gasteiger partial charge on any atom is -0.322 e. The van der Waals surface area contributed by atoms with Gasteiger partial charge in [0.1, 0.15) is 4.53 Å². The number of benzene rings is 1. The Kier molecular flexibility index (Phi) is 3.70. The standard InChI is InChI=1S/C15H15N3O2S/c1-2-10-3-5-11(6-4-10)17-13(19)9-12-14(20)18-8-7-16-15(18)21-12/h3-6,9H,2,7-8H2,1H3,(H,17,19). The van der Waals surface area contributed by atoms with Gasteiger partial charge in [-0.05, 0) is 24.1 Å². The van der Waals surface area contributed by atoms with E-state index >= 15 is 0 Å². The number of aromatic nitrogens is 1. The molecule has 5 nitrogen and oxygen atoms in total. The molecule has 21 heavy (non-hydrogen) atoms. The van der Waals surface area contributed by atoms with Crippen molar-refractivity contribution in [2.75, 3.05) is 11.9 Å². The number of rotatable bonds is 3.